The van der Waals surface area contributed by atoms with Gasteiger partial charge in [-0.3, -0.25) is 24.2 Å². The molecule has 1 aliphatic rings. The molecule has 4 rings (SSSR count). The summed E-state index contributed by atoms with van der Waals surface area (Å²) in [5, 5.41) is 0.418. The number of anilines is 1. The second kappa shape index (κ2) is 8.52. The van der Waals surface area contributed by atoms with Crippen molar-refractivity contribution in [2.45, 2.75) is 6.42 Å². The summed E-state index contributed by atoms with van der Waals surface area (Å²) >= 11 is 1.21. The topological polar surface area (TPSA) is 73.8 Å². The molecule has 0 radical (unpaired) electrons. The molecule has 0 saturated carbocycles. The molecule has 2 aromatic carbocycles. The summed E-state index contributed by atoms with van der Waals surface area (Å²) in [5.74, 6) is -1.74. The van der Waals surface area contributed by atoms with Gasteiger partial charge < -0.3 is 4.90 Å². The molecule has 0 fully saturated rings. The zero-order chi connectivity index (χ0) is 22.1. The Morgan fingerprint density at radius 1 is 1.06 bits per heavy atom. The van der Waals surface area contributed by atoms with E-state index in [0.29, 0.717) is 39.4 Å². The predicted molar refractivity (Wildman–Crippen MR) is 117 cm³/mol. The lowest BCUT2D eigenvalue weighted by atomic mass is 10.1. The molecule has 0 unspecified atom stereocenters. The van der Waals surface area contributed by atoms with Crippen LogP contribution in [0.2, 0.25) is 0 Å². The Kier molecular flexibility index (Phi) is 5.79. The zero-order valence-corrected chi connectivity index (χ0v) is 18.0. The third-order valence-corrected chi connectivity index (χ3v) is 6.07. The van der Waals surface area contributed by atoms with Crippen LogP contribution in [0.5, 0.6) is 0 Å². The summed E-state index contributed by atoms with van der Waals surface area (Å²) in [5.41, 5.74) is 1.19. The van der Waals surface area contributed by atoms with E-state index in [2.05, 4.69) is 4.98 Å². The number of hydrogen-bond acceptors (Lipinski definition) is 6. The van der Waals surface area contributed by atoms with Crippen LogP contribution in [0.25, 0.3) is 10.2 Å². The lowest BCUT2D eigenvalue weighted by molar-refractivity contribution is -0.119. The zero-order valence-electron chi connectivity index (χ0n) is 17.2. The van der Waals surface area contributed by atoms with Gasteiger partial charge in [0.05, 0.1) is 21.3 Å². The Balaban J connectivity index is 1.59. The number of carbonyl (C=O) groups excluding carboxylic acids is 3. The van der Waals surface area contributed by atoms with Gasteiger partial charge in [-0.2, -0.15) is 0 Å². The molecule has 7 nitrogen and oxygen atoms in total. The van der Waals surface area contributed by atoms with Crippen LogP contribution in [0.15, 0.2) is 42.5 Å². The number of fused-ring (bicyclic) bond motifs is 2. The van der Waals surface area contributed by atoms with Crippen LogP contribution >= 0.6 is 11.3 Å². The number of benzene rings is 2. The molecule has 0 spiro atoms. The number of hydrogen-bond donors (Lipinski definition) is 0. The number of aromatic nitrogens is 1. The third kappa shape index (κ3) is 4.19. The van der Waals surface area contributed by atoms with E-state index in [0.717, 1.165) is 11.4 Å². The summed E-state index contributed by atoms with van der Waals surface area (Å²) in [4.78, 5) is 47.5. The van der Waals surface area contributed by atoms with Gasteiger partial charge in [-0.1, -0.05) is 23.5 Å². The molecule has 1 aliphatic heterocycles. The molecule has 2 heterocycles. The maximum absolute atomic E-state index is 13.6. The van der Waals surface area contributed by atoms with Gasteiger partial charge in [0.2, 0.25) is 5.91 Å². The first-order valence-corrected chi connectivity index (χ1v) is 10.6. The molecule has 0 atom stereocenters. The van der Waals surface area contributed by atoms with Gasteiger partial charge in [-0.25, -0.2) is 9.37 Å². The smallest absolute Gasteiger partial charge is 0.262 e. The van der Waals surface area contributed by atoms with Crippen LogP contribution in [-0.2, 0) is 4.79 Å². The lowest BCUT2D eigenvalue weighted by Crippen LogP contribution is -2.43. The van der Waals surface area contributed by atoms with Crippen molar-refractivity contribution in [1.29, 1.82) is 0 Å². The monoisotopic (exact) mass is 440 g/mol. The number of rotatable bonds is 7. The van der Waals surface area contributed by atoms with Crippen molar-refractivity contribution in [1.82, 2.24) is 14.8 Å². The van der Waals surface area contributed by atoms with Crippen molar-refractivity contribution in [3.8, 4) is 0 Å². The average molecular weight is 441 g/mol. The first kappa shape index (κ1) is 21.1. The lowest BCUT2D eigenvalue weighted by Gasteiger charge is -2.23. The van der Waals surface area contributed by atoms with Crippen LogP contribution in [-0.4, -0.2) is 66.2 Å². The number of amides is 3. The summed E-state index contributed by atoms with van der Waals surface area (Å²) < 4.78 is 14.2. The molecule has 0 bridgehead atoms. The molecule has 160 valence electrons. The standard InChI is InChI=1S/C22H21FN4O3S/c1-25(2)10-5-11-26(22-24-17-9-8-14(23)12-18(17)31-22)19(28)13-27-20(29)15-6-3-4-7-16(15)21(27)30/h3-4,6-9,12H,5,10-11,13H2,1-2H3. The first-order chi connectivity index (χ1) is 14.8. The van der Waals surface area contributed by atoms with Gasteiger partial charge in [-0.15, -0.1) is 0 Å². The summed E-state index contributed by atoms with van der Waals surface area (Å²) in [6, 6.07) is 10.8. The van der Waals surface area contributed by atoms with Crippen LogP contribution in [0.1, 0.15) is 27.1 Å². The Hall–Kier alpha value is -3.17. The van der Waals surface area contributed by atoms with Crippen LogP contribution in [0, 0.1) is 5.82 Å². The van der Waals surface area contributed by atoms with Crippen LogP contribution in [0.4, 0.5) is 9.52 Å². The summed E-state index contributed by atoms with van der Waals surface area (Å²) in [6.07, 6.45) is 0.672. The van der Waals surface area contributed by atoms with Gasteiger partial charge >= 0.3 is 0 Å². The van der Waals surface area contributed by atoms with Crippen LogP contribution < -0.4 is 4.90 Å². The quantitative estimate of drug-likeness (QED) is 0.528. The predicted octanol–water partition coefficient (Wildman–Crippen LogP) is 3.02. The van der Waals surface area contributed by atoms with Crippen molar-refractivity contribution >= 4 is 44.4 Å². The van der Waals surface area contributed by atoms with Crippen molar-refractivity contribution in [3.05, 3.63) is 59.4 Å². The highest BCUT2D eigenvalue weighted by Crippen LogP contribution is 2.30. The Morgan fingerprint density at radius 2 is 1.74 bits per heavy atom. The van der Waals surface area contributed by atoms with E-state index in [1.165, 1.54) is 28.4 Å². The van der Waals surface area contributed by atoms with Gasteiger partial charge in [0, 0.05) is 6.54 Å². The van der Waals surface area contributed by atoms with Crippen LogP contribution in [0.3, 0.4) is 0 Å². The second-order valence-electron chi connectivity index (χ2n) is 7.55. The minimum atomic E-state index is -0.478. The molecule has 0 N–H and O–H groups in total. The van der Waals surface area contributed by atoms with E-state index >= 15 is 0 Å². The largest absolute Gasteiger partial charge is 0.309 e. The molecule has 1 aromatic heterocycles. The molecule has 9 heteroatoms. The minimum Gasteiger partial charge on any atom is -0.309 e. The second-order valence-corrected chi connectivity index (χ2v) is 8.56. The van der Waals surface area contributed by atoms with E-state index < -0.39 is 17.7 Å². The normalized spacial score (nSPS) is 13.4. The van der Waals surface area contributed by atoms with Crippen molar-refractivity contribution in [3.63, 3.8) is 0 Å². The fourth-order valence-electron chi connectivity index (χ4n) is 3.48. The van der Waals surface area contributed by atoms with E-state index in [-0.39, 0.29) is 12.4 Å². The summed E-state index contributed by atoms with van der Waals surface area (Å²) in [6.45, 7) is 0.734. The molecule has 3 amide bonds. The minimum absolute atomic E-state index is 0.301. The van der Waals surface area contributed by atoms with Gasteiger partial charge in [0.15, 0.2) is 5.13 Å². The molecule has 31 heavy (non-hydrogen) atoms. The van der Waals surface area contributed by atoms with Gasteiger partial charge in [0.1, 0.15) is 12.4 Å². The molecular weight excluding hydrogens is 419 g/mol. The number of carbonyl (C=O) groups is 3. The van der Waals surface area contributed by atoms with E-state index in [4.69, 9.17) is 0 Å². The maximum atomic E-state index is 13.6. The fourth-order valence-corrected chi connectivity index (χ4v) is 4.51. The number of nitrogens with zero attached hydrogens (tertiary/aromatic N) is 4. The first-order valence-electron chi connectivity index (χ1n) is 9.81. The Bertz CT molecular complexity index is 1140. The van der Waals surface area contributed by atoms with E-state index in [1.54, 1.807) is 30.3 Å². The van der Waals surface area contributed by atoms with Gasteiger partial charge in [0.25, 0.3) is 11.8 Å². The molecule has 0 aliphatic carbocycles. The molecular formula is C22H21FN4O3S. The Morgan fingerprint density at radius 3 is 2.39 bits per heavy atom. The third-order valence-electron chi connectivity index (χ3n) is 5.03. The SMILES string of the molecule is CN(C)CCCN(C(=O)CN1C(=O)c2ccccc2C1=O)c1nc2ccc(F)cc2s1. The van der Waals surface area contributed by atoms with Crippen molar-refractivity contribution in [2.75, 3.05) is 38.6 Å². The molecule has 3 aromatic rings. The van der Waals surface area contributed by atoms with Gasteiger partial charge in [-0.05, 0) is 57.4 Å². The highest BCUT2D eigenvalue weighted by molar-refractivity contribution is 7.22. The number of thiazole rings is 1. The van der Waals surface area contributed by atoms with Crippen molar-refractivity contribution < 1.29 is 18.8 Å². The summed E-state index contributed by atoms with van der Waals surface area (Å²) in [7, 11) is 3.87. The molecule has 0 saturated heterocycles. The van der Waals surface area contributed by atoms with E-state index in [1.807, 2.05) is 19.0 Å². The Labute approximate surface area is 182 Å². The number of halogens is 1. The fraction of sp³-hybridized carbons (Fsp3) is 0.273. The highest BCUT2D eigenvalue weighted by atomic mass is 32.1. The maximum Gasteiger partial charge on any atom is 0.262 e. The highest BCUT2D eigenvalue weighted by Gasteiger charge is 2.37. The number of imide groups is 1. The average Bonchev–Trinajstić information content (AvgIpc) is 3.25. The van der Waals surface area contributed by atoms with Crippen molar-refractivity contribution in [2.24, 2.45) is 0 Å². The van der Waals surface area contributed by atoms with E-state index in [9.17, 15) is 18.8 Å².